The standard InChI is InChI=1S/C39H60N6O7/c1-7-19-40-35(50)33(48)26(20-23-13-11-14-23)41-34(49)32-30-25(39(30,5)6)21-45(32)36(51)31(24-15-9-8-10-16-24)43-37(52)42-27(38(2,3)4)22-44-28(46)17-12-18-29(44)47/h7,23-27,30-32H,1,8-22H2,2-6H3,(H,40,50)(H,41,49)(H2,42,43,52)/t25-,26?,27+,30-,31-,32-/m0/s1. The summed E-state index contributed by atoms with van der Waals surface area (Å²) in [6.07, 6.45) is 10.2. The van der Waals surface area contributed by atoms with E-state index >= 15 is 0 Å². The van der Waals surface area contributed by atoms with Gasteiger partial charge in [0, 0.05) is 32.5 Å². The van der Waals surface area contributed by atoms with Gasteiger partial charge in [0.25, 0.3) is 5.91 Å². The predicted octanol–water partition coefficient (Wildman–Crippen LogP) is 3.22. The third-order valence-electron chi connectivity index (χ3n) is 12.6. The van der Waals surface area contributed by atoms with Crippen molar-refractivity contribution in [2.75, 3.05) is 19.6 Å². The fraction of sp³-hybridized carbons (Fsp3) is 0.769. The van der Waals surface area contributed by atoms with Gasteiger partial charge in [-0.25, -0.2) is 4.79 Å². The lowest BCUT2D eigenvalue weighted by molar-refractivity contribution is -0.148. The molecule has 5 rings (SSSR count). The second kappa shape index (κ2) is 16.1. The number of likely N-dealkylation sites (tertiary alicyclic amines) is 2. The highest BCUT2D eigenvalue weighted by molar-refractivity contribution is 6.38. The molecular weight excluding hydrogens is 664 g/mol. The number of urea groups is 1. The SMILES string of the molecule is C=CCNC(=O)C(=O)C(CC1CCC1)NC(=O)[C@@H]1[C@@H]2[C@H](CN1C(=O)[C@@H](NC(=O)N[C@H](CN1C(=O)CCCC1=O)C(C)(C)C)C1CCCCC1)C2(C)C. The van der Waals surface area contributed by atoms with Gasteiger partial charge in [0.15, 0.2) is 0 Å². The number of nitrogens with zero attached hydrogens (tertiary/aromatic N) is 2. The van der Waals surface area contributed by atoms with E-state index in [4.69, 9.17) is 0 Å². The van der Waals surface area contributed by atoms with Crippen LogP contribution < -0.4 is 21.3 Å². The Hall–Kier alpha value is -3.77. The molecule has 0 aromatic carbocycles. The third kappa shape index (κ3) is 8.71. The van der Waals surface area contributed by atoms with Crippen LogP contribution in [-0.2, 0) is 28.8 Å². The summed E-state index contributed by atoms with van der Waals surface area (Å²) in [6.45, 7) is 14.0. The molecule has 0 aromatic rings. The van der Waals surface area contributed by atoms with Crippen LogP contribution in [0.15, 0.2) is 12.7 Å². The van der Waals surface area contributed by atoms with Crippen LogP contribution in [0.2, 0.25) is 0 Å². The van der Waals surface area contributed by atoms with Crippen LogP contribution in [0.3, 0.4) is 0 Å². The number of imide groups is 1. The topological polar surface area (TPSA) is 174 Å². The Morgan fingerprint density at radius 1 is 0.904 bits per heavy atom. The molecule has 4 N–H and O–H groups in total. The predicted molar refractivity (Wildman–Crippen MR) is 194 cm³/mol. The molecule has 1 unspecified atom stereocenters. The molecule has 288 valence electrons. The molecule has 0 spiro atoms. The Kier molecular flexibility index (Phi) is 12.2. The maximum absolute atomic E-state index is 14.7. The monoisotopic (exact) mass is 724 g/mol. The van der Waals surface area contributed by atoms with Crippen LogP contribution in [0.4, 0.5) is 4.79 Å². The zero-order valence-electron chi connectivity index (χ0n) is 31.8. The van der Waals surface area contributed by atoms with Crippen molar-refractivity contribution in [3.8, 4) is 0 Å². The largest absolute Gasteiger partial charge is 0.346 e. The first kappa shape index (κ1) is 39.4. The minimum atomic E-state index is -1.01. The van der Waals surface area contributed by atoms with E-state index < -0.39 is 53.2 Å². The summed E-state index contributed by atoms with van der Waals surface area (Å²) in [6, 6.07) is -3.90. The summed E-state index contributed by atoms with van der Waals surface area (Å²) in [5, 5.41) is 11.4. The minimum absolute atomic E-state index is 0.0375. The molecule has 3 saturated carbocycles. The lowest BCUT2D eigenvalue weighted by atomic mass is 9.80. The molecule has 0 aromatic heterocycles. The quantitative estimate of drug-likeness (QED) is 0.121. The van der Waals surface area contributed by atoms with Crippen LogP contribution in [-0.4, -0.2) is 95.0 Å². The first-order valence-corrected chi connectivity index (χ1v) is 19.5. The summed E-state index contributed by atoms with van der Waals surface area (Å²) < 4.78 is 0. The number of ketones is 1. The highest BCUT2D eigenvalue weighted by Crippen LogP contribution is 2.65. The average molecular weight is 725 g/mol. The number of rotatable bonds is 14. The first-order chi connectivity index (χ1) is 24.5. The van der Waals surface area contributed by atoms with Crippen molar-refractivity contribution >= 4 is 41.4 Å². The lowest BCUT2D eigenvalue weighted by Gasteiger charge is -2.39. The number of fused-ring (bicyclic) bond motifs is 1. The third-order valence-corrected chi connectivity index (χ3v) is 12.6. The zero-order chi connectivity index (χ0) is 38.0. The number of carbonyl (C=O) groups excluding carboxylic acids is 7. The van der Waals surface area contributed by atoms with Crippen molar-refractivity contribution in [2.45, 2.75) is 136 Å². The van der Waals surface area contributed by atoms with Gasteiger partial charge in [-0.3, -0.25) is 33.7 Å². The molecule has 2 saturated heterocycles. The van der Waals surface area contributed by atoms with Gasteiger partial charge in [0.2, 0.25) is 29.4 Å². The van der Waals surface area contributed by atoms with Crippen LogP contribution in [0, 0.1) is 34.5 Å². The Morgan fingerprint density at radius 2 is 1.56 bits per heavy atom. The summed E-state index contributed by atoms with van der Waals surface area (Å²) in [7, 11) is 0. The van der Waals surface area contributed by atoms with Gasteiger partial charge in [-0.15, -0.1) is 6.58 Å². The van der Waals surface area contributed by atoms with E-state index in [1.165, 1.54) is 11.0 Å². The molecule has 5 fully saturated rings. The van der Waals surface area contributed by atoms with Gasteiger partial charge in [0.05, 0.1) is 12.1 Å². The number of carbonyl (C=O) groups is 7. The van der Waals surface area contributed by atoms with Crippen molar-refractivity contribution in [3.05, 3.63) is 12.7 Å². The van der Waals surface area contributed by atoms with E-state index in [0.29, 0.717) is 19.4 Å². The maximum atomic E-state index is 14.7. The molecule has 0 radical (unpaired) electrons. The number of hydrogen-bond acceptors (Lipinski definition) is 7. The lowest BCUT2D eigenvalue weighted by Crippen LogP contribution is -2.62. The Labute approximate surface area is 308 Å². The summed E-state index contributed by atoms with van der Waals surface area (Å²) in [4.78, 5) is 97.0. The van der Waals surface area contributed by atoms with Gasteiger partial charge >= 0.3 is 6.03 Å². The van der Waals surface area contributed by atoms with Gasteiger partial charge in [-0.1, -0.05) is 79.2 Å². The summed E-state index contributed by atoms with van der Waals surface area (Å²) >= 11 is 0. The average Bonchev–Trinajstić information content (AvgIpc) is 3.37. The molecule has 13 heteroatoms. The zero-order valence-corrected chi connectivity index (χ0v) is 31.8. The fourth-order valence-corrected chi connectivity index (χ4v) is 8.86. The summed E-state index contributed by atoms with van der Waals surface area (Å²) in [5.41, 5.74) is -0.706. The van der Waals surface area contributed by atoms with Crippen molar-refractivity contribution < 1.29 is 33.6 Å². The smallest absolute Gasteiger partial charge is 0.315 e. The maximum Gasteiger partial charge on any atom is 0.315 e. The van der Waals surface area contributed by atoms with Gasteiger partial charge in [-0.05, 0) is 60.2 Å². The minimum Gasteiger partial charge on any atom is -0.346 e. The van der Waals surface area contributed by atoms with E-state index in [1.807, 2.05) is 20.8 Å². The van der Waals surface area contributed by atoms with Crippen LogP contribution in [0.5, 0.6) is 0 Å². The van der Waals surface area contributed by atoms with Crippen molar-refractivity contribution in [1.29, 1.82) is 0 Å². The Morgan fingerprint density at radius 3 is 2.13 bits per heavy atom. The van der Waals surface area contributed by atoms with E-state index in [2.05, 4.69) is 41.7 Å². The van der Waals surface area contributed by atoms with Gasteiger partial charge < -0.3 is 26.2 Å². The number of piperidine rings is 2. The fourth-order valence-electron chi connectivity index (χ4n) is 8.86. The molecular formula is C39H60N6O7. The summed E-state index contributed by atoms with van der Waals surface area (Å²) in [5.74, 6) is -2.72. The number of nitrogens with one attached hydrogen (secondary N) is 4. The molecule has 13 nitrogen and oxygen atoms in total. The molecule has 52 heavy (non-hydrogen) atoms. The normalized spacial score (nSPS) is 26.3. The molecule has 2 heterocycles. The second-order valence-corrected chi connectivity index (χ2v) is 17.5. The van der Waals surface area contributed by atoms with Crippen LogP contribution >= 0.6 is 0 Å². The molecule has 0 bridgehead atoms. The van der Waals surface area contributed by atoms with Crippen molar-refractivity contribution in [2.24, 2.45) is 34.5 Å². The van der Waals surface area contributed by atoms with E-state index in [9.17, 15) is 33.6 Å². The van der Waals surface area contributed by atoms with Crippen molar-refractivity contribution in [1.82, 2.24) is 31.1 Å². The molecule has 7 amide bonds. The Bertz CT molecular complexity index is 1410. The van der Waals surface area contributed by atoms with Gasteiger partial charge in [0.1, 0.15) is 12.1 Å². The molecule has 2 aliphatic heterocycles. The van der Waals surface area contributed by atoms with Crippen LogP contribution in [0.25, 0.3) is 0 Å². The Balaban J connectivity index is 1.35. The van der Waals surface area contributed by atoms with Crippen molar-refractivity contribution in [3.63, 3.8) is 0 Å². The highest BCUT2D eigenvalue weighted by atomic mass is 16.2. The van der Waals surface area contributed by atoms with E-state index in [1.54, 1.807) is 4.90 Å². The number of Topliss-reactive ketones (excluding diaryl/α,β-unsaturated/α-hetero) is 1. The van der Waals surface area contributed by atoms with Gasteiger partial charge in [-0.2, -0.15) is 0 Å². The first-order valence-electron chi connectivity index (χ1n) is 19.5. The molecule has 6 atom stereocenters. The number of hydrogen-bond donors (Lipinski definition) is 4. The van der Waals surface area contributed by atoms with E-state index in [0.717, 1.165) is 51.4 Å². The van der Waals surface area contributed by atoms with E-state index in [-0.39, 0.29) is 72.7 Å². The molecule has 3 aliphatic carbocycles. The highest BCUT2D eigenvalue weighted by Gasteiger charge is 2.69. The number of amides is 7. The van der Waals surface area contributed by atoms with Crippen LogP contribution in [0.1, 0.15) is 112 Å². The molecule has 5 aliphatic rings. The second-order valence-electron chi connectivity index (χ2n) is 17.5.